The zero-order chi connectivity index (χ0) is 19.7. The topological polar surface area (TPSA) is 60.7 Å². The predicted molar refractivity (Wildman–Crippen MR) is 112 cm³/mol. The summed E-state index contributed by atoms with van der Waals surface area (Å²) in [6, 6.07) is 0. The predicted octanol–water partition coefficient (Wildman–Crippen LogP) is 6.13. The van der Waals surface area contributed by atoms with Gasteiger partial charge in [-0.1, -0.05) is 111 Å². The lowest BCUT2D eigenvalue weighted by molar-refractivity contribution is -0.179. The average Bonchev–Trinajstić information content (AvgIpc) is 2.67. The van der Waals surface area contributed by atoms with Crippen molar-refractivity contribution in [3.05, 3.63) is 0 Å². The maximum absolute atomic E-state index is 10.7. The molecule has 0 aromatic carbocycles. The zero-order valence-electron chi connectivity index (χ0n) is 18.1. The highest BCUT2D eigenvalue weighted by atomic mass is 16.4. The minimum absolute atomic E-state index is 0.369. The van der Waals surface area contributed by atoms with E-state index >= 15 is 0 Å². The van der Waals surface area contributed by atoms with Crippen molar-refractivity contribution in [3.63, 3.8) is 0 Å². The Balaban J connectivity index is 3.58. The normalized spacial score (nSPS) is 16.4. The second-order valence-corrected chi connectivity index (χ2v) is 8.27. The SMILES string of the molecule is CCCCCCCCCCCCCCCCC(O)(CC)C(O)(CC)CO. The van der Waals surface area contributed by atoms with E-state index < -0.39 is 11.2 Å². The lowest BCUT2D eigenvalue weighted by Gasteiger charge is -2.42. The smallest absolute Gasteiger partial charge is 0.116 e. The van der Waals surface area contributed by atoms with Crippen LogP contribution in [0.2, 0.25) is 0 Å². The molecule has 0 aliphatic rings. The summed E-state index contributed by atoms with van der Waals surface area (Å²) in [5.41, 5.74) is -2.52. The third-order valence-electron chi connectivity index (χ3n) is 6.24. The minimum atomic E-state index is -1.36. The Morgan fingerprint density at radius 2 is 0.846 bits per heavy atom. The number of hydrogen-bond donors (Lipinski definition) is 3. The van der Waals surface area contributed by atoms with Crippen LogP contribution in [0.15, 0.2) is 0 Å². The van der Waals surface area contributed by atoms with Crippen molar-refractivity contribution < 1.29 is 15.3 Å². The number of hydrogen-bond acceptors (Lipinski definition) is 3. The van der Waals surface area contributed by atoms with Crippen molar-refractivity contribution >= 4 is 0 Å². The molecule has 0 aromatic heterocycles. The fraction of sp³-hybridized carbons (Fsp3) is 1.00. The van der Waals surface area contributed by atoms with Crippen LogP contribution in [-0.2, 0) is 0 Å². The molecule has 2 atom stereocenters. The first-order valence-electron chi connectivity index (χ1n) is 11.5. The summed E-state index contributed by atoms with van der Waals surface area (Å²) in [5, 5.41) is 30.6. The lowest BCUT2D eigenvalue weighted by atomic mass is 9.76. The van der Waals surface area contributed by atoms with Gasteiger partial charge < -0.3 is 15.3 Å². The molecule has 0 heterocycles. The van der Waals surface area contributed by atoms with Gasteiger partial charge in [-0.2, -0.15) is 0 Å². The summed E-state index contributed by atoms with van der Waals surface area (Å²) in [5.74, 6) is 0. The summed E-state index contributed by atoms with van der Waals surface area (Å²) in [4.78, 5) is 0. The molecule has 0 bridgehead atoms. The van der Waals surface area contributed by atoms with E-state index in [1.165, 1.54) is 77.0 Å². The lowest BCUT2D eigenvalue weighted by Crippen LogP contribution is -2.56. The first-order chi connectivity index (χ1) is 12.5. The van der Waals surface area contributed by atoms with Crippen LogP contribution in [0, 0.1) is 0 Å². The van der Waals surface area contributed by atoms with E-state index in [0.717, 1.165) is 12.8 Å². The third kappa shape index (κ3) is 10.3. The number of unbranched alkanes of at least 4 members (excludes halogenated alkanes) is 13. The van der Waals surface area contributed by atoms with Gasteiger partial charge >= 0.3 is 0 Å². The largest absolute Gasteiger partial charge is 0.393 e. The molecule has 3 nitrogen and oxygen atoms in total. The second-order valence-electron chi connectivity index (χ2n) is 8.27. The Morgan fingerprint density at radius 3 is 1.15 bits per heavy atom. The van der Waals surface area contributed by atoms with Crippen LogP contribution in [0.1, 0.15) is 130 Å². The Morgan fingerprint density at radius 1 is 0.500 bits per heavy atom. The molecule has 3 N–H and O–H groups in total. The summed E-state index contributed by atoms with van der Waals surface area (Å²) in [6.45, 7) is 5.61. The van der Waals surface area contributed by atoms with Crippen LogP contribution in [0.5, 0.6) is 0 Å². The molecule has 26 heavy (non-hydrogen) atoms. The van der Waals surface area contributed by atoms with Gasteiger partial charge in [-0.15, -0.1) is 0 Å². The molecule has 0 radical (unpaired) electrons. The molecule has 3 heteroatoms. The van der Waals surface area contributed by atoms with Crippen LogP contribution in [-0.4, -0.2) is 33.1 Å². The standard InChI is InChI=1S/C23H48O3/c1-4-7-8-9-10-11-12-13-14-15-16-17-18-19-20-22(25,5-2)23(26,6-3)21-24/h24-26H,4-21H2,1-3H3. The number of aliphatic hydroxyl groups is 3. The van der Waals surface area contributed by atoms with Crippen molar-refractivity contribution in [1.82, 2.24) is 0 Å². The van der Waals surface area contributed by atoms with Gasteiger partial charge in [-0.3, -0.25) is 0 Å². The van der Waals surface area contributed by atoms with Gasteiger partial charge in [0, 0.05) is 0 Å². The highest BCUT2D eigenvalue weighted by molar-refractivity contribution is 4.97. The summed E-state index contributed by atoms with van der Waals surface area (Å²) in [7, 11) is 0. The Kier molecular flexibility index (Phi) is 15.8. The van der Waals surface area contributed by atoms with Gasteiger partial charge in [0.2, 0.25) is 0 Å². The fourth-order valence-electron chi connectivity index (χ4n) is 3.94. The highest BCUT2D eigenvalue weighted by Gasteiger charge is 2.45. The molecule has 0 saturated heterocycles. The summed E-state index contributed by atoms with van der Waals surface area (Å²) in [6.07, 6.45) is 19.8. The summed E-state index contributed by atoms with van der Waals surface area (Å²) >= 11 is 0. The van der Waals surface area contributed by atoms with E-state index in [0.29, 0.717) is 19.3 Å². The molecule has 0 aliphatic heterocycles. The average molecular weight is 373 g/mol. The zero-order valence-corrected chi connectivity index (χ0v) is 18.1. The minimum Gasteiger partial charge on any atom is -0.393 e. The molecule has 0 rings (SSSR count). The van der Waals surface area contributed by atoms with Crippen LogP contribution in [0.4, 0.5) is 0 Å². The molecular weight excluding hydrogens is 324 g/mol. The Bertz CT molecular complexity index is 302. The van der Waals surface area contributed by atoms with Gasteiger partial charge in [-0.05, 0) is 19.3 Å². The molecular formula is C23H48O3. The van der Waals surface area contributed by atoms with E-state index in [1.807, 2.05) is 13.8 Å². The maximum Gasteiger partial charge on any atom is 0.116 e. The number of aliphatic hydroxyl groups excluding tert-OH is 1. The second kappa shape index (κ2) is 15.9. The molecule has 0 spiro atoms. The van der Waals surface area contributed by atoms with Gasteiger partial charge in [-0.25, -0.2) is 0 Å². The first-order valence-corrected chi connectivity index (χ1v) is 11.5. The Labute approximate surface area is 163 Å². The van der Waals surface area contributed by atoms with Crippen LogP contribution in [0.25, 0.3) is 0 Å². The molecule has 0 aromatic rings. The van der Waals surface area contributed by atoms with Crippen LogP contribution >= 0.6 is 0 Å². The van der Waals surface area contributed by atoms with Crippen LogP contribution < -0.4 is 0 Å². The van der Waals surface area contributed by atoms with Gasteiger partial charge in [0.05, 0.1) is 12.2 Å². The van der Waals surface area contributed by atoms with E-state index in [2.05, 4.69) is 6.92 Å². The molecule has 0 fully saturated rings. The molecule has 158 valence electrons. The quantitative estimate of drug-likeness (QED) is 0.239. The summed E-state index contributed by atoms with van der Waals surface area (Å²) < 4.78 is 0. The van der Waals surface area contributed by atoms with E-state index in [1.54, 1.807) is 0 Å². The monoisotopic (exact) mass is 372 g/mol. The van der Waals surface area contributed by atoms with Crippen LogP contribution in [0.3, 0.4) is 0 Å². The van der Waals surface area contributed by atoms with Crippen molar-refractivity contribution in [2.75, 3.05) is 6.61 Å². The maximum atomic E-state index is 10.7. The van der Waals surface area contributed by atoms with E-state index in [-0.39, 0.29) is 6.61 Å². The fourth-order valence-corrected chi connectivity index (χ4v) is 3.94. The molecule has 0 saturated carbocycles. The van der Waals surface area contributed by atoms with Crippen molar-refractivity contribution in [3.8, 4) is 0 Å². The molecule has 0 aliphatic carbocycles. The van der Waals surface area contributed by atoms with E-state index in [4.69, 9.17) is 0 Å². The van der Waals surface area contributed by atoms with Gasteiger partial charge in [0.15, 0.2) is 0 Å². The highest BCUT2D eigenvalue weighted by Crippen LogP contribution is 2.33. The Hall–Kier alpha value is -0.120. The van der Waals surface area contributed by atoms with Crippen molar-refractivity contribution in [1.29, 1.82) is 0 Å². The van der Waals surface area contributed by atoms with Crippen molar-refractivity contribution in [2.45, 2.75) is 141 Å². The van der Waals surface area contributed by atoms with Crippen molar-refractivity contribution in [2.24, 2.45) is 0 Å². The molecule has 0 amide bonds. The van der Waals surface area contributed by atoms with E-state index in [9.17, 15) is 15.3 Å². The van der Waals surface area contributed by atoms with Gasteiger partial charge in [0.1, 0.15) is 5.60 Å². The molecule has 2 unspecified atom stereocenters. The third-order valence-corrected chi connectivity index (χ3v) is 6.24. The first kappa shape index (κ1) is 25.9. The van der Waals surface area contributed by atoms with Gasteiger partial charge in [0.25, 0.3) is 0 Å². The number of rotatable bonds is 19.